The minimum atomic E-state index is -3.84. The highest BCUT2D eigenvalue weighted by Gasteiger charge is 2.27. The number of hydrogen-bond acceptors (Lipinski definition) is 4. The second kappa shape index (κ2) is 8.62. The van der Waals surface area contributed by atoms with Crippen LogP contribution in [-0.2, 0) is 19.8 Å². The van der Waals surface area contributed by atoms with Crippen LogP contribution in [0.25, 0.3) is 0 Å². The SMILES string of the molecule is CN(C)S(=O)(=O)N(CC(=O)Nc1ccc(N2CCCC2=O)cc1)c1ccccc1. The summed E-state index contributed by atoms with van der Waals surface area (Å²) in [4.78, 5) is 26.1. The molecule has 0 aromatic heterocycles. The first-order chi connectivity index (χ1) is 13.8. The highest BCUT2D eigenvalue weighted by atomic mass is 32.2. The number of anilines is 3. The van der Waals surface area contributed by atoms with Crippen LogP contribution in [0.15, 0.2) is 54.6 Å². The Kier molecular flexibility index (Phi) is 6.19. The fourth-order valence-corrected chi connectivity index (χ4v) is 4.14. The molecule has 8 nitrogen and oxygen atoms in total. The Balaban J connectivity index is 1.73. The maximum absolute atomic E-state index is 12.7. The molecule has 3 rings (SSSR count). The van der Waals surface area contributed by atoms with Crippen LogP contribution in [-0.4, -0.2) is 51.7 Å². The van der Waals surface area contributed by atoms with E-state index in [1.54, 1.807) is 59.5 Å². The topological polar surface area (TPSA) is 90.0 Å². The van der Waals surface area contributed by atoms with Crippen molar-refractivity contribution in [3.8, 4) is 0 Å². The van der Waals surface area contributed by atoms with Gasteiger partial charge in [-0.3, -0.25) is 9.59 Å². The van der Waals surface area contributed by atoms with Gasteiger partial charge in [0.05, 0.1) is 5.69 Å². The fourth-order valence-electron chi connectivity index (χ4n) is 3.07. The van der Waals surface area contributed by atoms with Crippen molar-refractivity contribution in [3.63, 3.8) is 0 Å². The fraction of sp³-hybridized carbons (Fsp3) is 0.300. The number of benzene rings is 2. The third kappa shape index (κ3) is 4.75. The number of hydrogen-bond donors (Lipinski definition) is 1. The number of carbonyl (C=O) groups excluding carboxylic acids is 2. The molecule has 0 radical (unpaired) electrons. The molecule has 154 valence electrons. The third-order valence-electron chi connectivity index (χ3n) is 4.61. The van der Waals surface area contributed by atoms with Crippen molar-refractivity contribution in [2.45, 2.75) is 12.8 Å². The predicted octanol–water partition coefficient (Wildman–Crippen LogP) is 2.06. The first-order valence-electron chi connectivity index (χ1n) is 9.24. The molecule has 2 aromatic carbocycles. The molecule has 0 bridgehead atoms. The van der Waals surface area contributed by atoms with Gasteiger partial charge in [-0.2, -0.15) is 12.7 Å². The van der Waals surface area contributed by atoms with E-state index in [1.807, 2.05) is 0 Å². The van der Waals surface area contributed by atoms with E-state index in [4.69, 9.17) is 0 Å². The number of para-hydroxylation sites is 1. The summed E-state index contributed by atoms with van der Waals surface area (Å²) in [6.45, 7) is 0.329. The van der Waals surface area contributed by atoms with Gasteiger partial charge in [-0.15, -0.1) is 0 Å². The van der Waals surface area contributed by atoms with Crippen molar-refractivity contribution in [2.24, 2.45) is 0 Å². The molecular weight excluding hydrogens is 392 g/mol. The van der Waals surface area contributed by atoms with Crippen LogP contribution in [0, 0.1) is 0 Å². The van der Waals surface area contributed by atoms with Crippen molar-refractivity contribution in [3.05, 3.63) is 54.6 Å². The second-order valence-corrected chi connectivity index (χ2v) is 8.94. The average molecular weight is 417 g/mol. The van der Waals surface area contributed by atoms with Gasteiger partial charge in [-0.25, -0.2) is 4.31 Å². The molecule has 2 aromatic rings. The molecule has 0 atom stereocenters. The average Bonchev–Trinajstić information content (AvgIpc) is 3.13. The Morgan fingerprint density at radius 1 is 1.07 bits per heavy atom. The van der Waals surface area contributed by atoms with Crippen LogP contribution in [0.5, 0.6) is 0 Å². The highest BCUT2D eigenvalue weighted by Crippen LogP contribution is 2.23. The highest BCUT2D eigenvalue weighted by molar-refractivity contribution is 7.90. The van der Waals surface area contributed by atoms with Crippen molar-refractivity contribution in [1.82, 2.24) is 4.31 Å². The minimum Gasteiger partial charge on any atom is -0.325 e. The van der Waals surface area contributed by atoms with E-state index >= 15 is 0 Å². The van der Waals surface area contributed by atoms with Gasteiger partial charge in [0.25, 0.3) is 0 Å². The summed E-state index contributed by atoms with van der Waals surface area (Å²) in [6, 6.07) is 15.4. The summed E-state index contributed by atoms with van der Waals surface area (Å²) in [6.07, 6.45) is 1.39. The Hall–Kier alpha value is -2.91. The zero-order valence-corrected chi connectivity index (χ0v) is 17.2. The van der Waals surface area contributed by atoms with Gasteiger partial charge >= 0.3 is 10.2 Å². The van der Waals surface area contributed by atoms with Crippen LogP contribution >= 0.6 is 0 Å². The molecule has 1 aliphatic heterocycles. The predicted molar refractivity (Wildman–Crippen MR) is 113 cm³/mol. The monoisotopic (exact) mass is 416 g/mol. The Morgan fingerprint density at radius 3 is 2.28 bits per heavy atom. The lowest BCUT2D eigenvalue weighted by Gasteiger charge is -2.26. The van der Waals surface area contributed by atoms with Crippen molar-refractivity contribution < 1.29 is 18.0 Å². The maximum Gasteiger partial charge on any atom is 0.304 e. The van der Waals surface area contributed by atoms with E-state index in [0.717, 1.165) is 20.7 Å². The van der Waals surface area contributed by atoms with Gasteiger partial charge in [-0.1, -0.05) is 18.2 Å². The quantitative estimate of drug-likeness (QED) is 0.748. The first kappa shape index (κ1) is 20.8. The van der Waals surface area contributed by atoms with Crippen LogP contribution < -0.4 is 14.5 Å². The maximum atomic E-state index is 12.7. The van der Waals surface area contributed by atoms with Gasteiger partial charge in [-0.05, 0) is 42.8 Å². The largest absolute Gasteiger partial charge is 0.325 e. The lowest BCUT2D eigenvalue weighted by atomic mass is 10.2. The molecule has 1 heterocycles. The van der Waals surface area contributed by atoms with Gasteiger partial charge in [0.15, 0.2) is 0 Å². The van der Waals surface area contributed by atoms with Gasteiger partial charge in [0.1, 0.15) is 6.54 Å². The molecular formula is C20H24N4O4S. The number of rotatable bonds is 7. The van der Waals surface area contributed by atoms with E-state index in [0.29, 0.717) is 24.3 Å². The Bertz CT molecular complexity index is 975. The normalized spacial score (nSPS) is 14.3. The molecule has 29 heavy (non-hydrogen) atoms. The van der Waals surface area contributed by atoms with E-state index in [1.165, 1.54) is 14.1 Å². The van der Waals surface area contributed by atoms with Crippen molar-refractivity contribution >= 4 is 39.1 Å². The Morgan fingerprint density at radius 2 is 1.72 bits per heavy atom. The third-order valence-corrected chi connectivity index (χ3v) is 6.43. The molecule has 1 saturated heterocycles. The summed E-state index contributed by atoms with van der Waals surface area (Å²) in [5.41, 5.74) is 1.71. The number of carbonyl (C=O) groups is 2. The molecule has 1 N–H and O–H groups in total. The van der Waals surface area contributed by atoms with E-state index in [-0.39, 0.29) is 12.5 Å². The first-order valence-corrected chi connectivity index (χ1v) is 10.6. The van der Waals surface area contributed by atoms with Gasteiger partial charge in [0, 0.05) is 38.4 Å². The van der Waals surface area contributed by atoms with E-state index in [2.05, 4.69) is 5.32 Å². The molecule has 9 heteroatoms. The standard InChI is InChI=1S/C20H24N4O4S/c1-22(2)29(27,28)24(18-7-4-3-5-8-18)15-19(25)21-16-10-12-17(13-11-16)23-14-6-9-20(23)26/h3-5,7-8,10-13H,6,9,14-15H2,1-2H3,(H,21,25). The van der Waals surface area contributed by atoms with E-state index < -0.39 is 16.1 Å². The molecule has 2 amide bonds. The number of nitrogens with one attached hydrogen (secondary N) is 1. The Labute approximate surface area is 170 Å². The van der Waals surface area contributed by atoms with Crippen LogP contribution in [0.2, 0.25) is 0 Å². The lowest BCUT2D eigenvalue weighted by molar-refractivity contribution is -0.117. The summed E-state index contributed by atoms with van der Waals surface area (Å²) in [7, 11) is -1.01. The molecule has 0 saturated carbocycles. The summed E-state index contributed by atoms with van der Waals surface area (Å²) in [5, 5.41) is 2.72. The smallest absolute Gasteiger partial charge is 0.304 e. The zero-order valence-electron chi connectivity index (χ0n) is 16.4. The zero-order chi connectivity index (χ0) is 21.0. The molecule has 0 unspecified atom stereocenters. The molecule has 0 spiro atoms. The summed E-state index contributed by atoms with van der Waals surface area (Å²) >= 11 is 0. The van der Waals surface area contributed by atoms with Crippen LogP contribution in [0.3, 0.4) is 0 Å². The summed E-state index contributed by atoms with van der Waals surface area (Å²) < 4.78 is 27.5. The molecule has 0 aliphatic carbocycles. The van der Waals surface area contributed by atoms with E-state index in [9.17, 15) is 18.0 Å². The minimum absolute atomic E-state index is 0.0918. The second-order valence-electron chi connectivity index (χ2n) is 6.88. The molecule has 1 aliphatic rings. The van der Waals surface area contributed by atoms with Crippen LogP contribution in [0.4, 0.5) is 17.1 Å². The van der Waals surface area contributed by atoms with Gasteiger partial charge < -0.3 is 10.2 Å². The van der Waals surface area contributed by atoms with Crippen molar-refractivity contribution in [2.75, 3.05) is 41.7 Å². The number of amides is 2. The van der Waals surface area contributed by atoms with Crippen LogP contribution in [0.1, 0.15) is 12.8 Å². The number of nitrogens with zero attached hydrogens (tertiary/aromatic N) is 3. The van der Waals surface area contributed by atoms with Crippen molar-refractivity contribution in [1.29, 1.82) is 0 Å². The summed E-state index contributed by atoms with van der Waals surface area (Å²) in [5.74, 6) is -0.376. The molecule has 1 fully saturated rings. The van der Waals surface area contributed by atoms with Gasteiger partial charge in [0.2, 0.25) is 11.8 Å². The lowest BCUT2D eigenvalue weighted by Crippen LogP contribution is -2.44.